The number of quaternary nitrogens is 1. The third-order valence-electron chi connectivity index (χ3n) is 6.82. The molecule has 1 fully saturated rings. The minimum atomic E-state index is -0.0948. The minimum Gasteiger partial charge on any atom is -0.496 e. The normalized spacial score (nSPS) is 23.4. The molecule has 2 N–H and O–H groups in total. The Kier molecular flexibility index (Phi) is 7.84. The van der Waals surface area contributed by atoms with Gasteiger partial charge in [-0.1, -0.05) is 25.1 Å². The van der Waals surface area contributed by atoms with Crippen LogP contribution in [0, 0.1) is 0 Å². The lowest BCUT2D eigenvalue weighted by Gasteiger charge is -2.46. The number of para-hydroxylation sites is 1. The van der Waals surface area contributed by atoms with E-state index in [2.05, 4.69) is 55.6 Å². The third kappa shape index (κ3) is 5.34. The second kappa shape index (κ2) is 10.4. The van der Waals surface area contributed by atoms with Crippen molar-refractivity contribution < 1.29 is 24.3 Å². The van der Waals surface area contributed by atoms with Gasteiger partial charge in [-0.05, 0) is 50.5 Å². The van der Waals surface area contributed by atoms with Gasteiger partial charge in [-0.2, -0.15) is 0 Å². The number of ether oxygens (including phenoxy) is 4. The Morgan fingerprint density at radius 1 is 0.968 bits per heavy atom. The first-order valence-corrected chi connectivity index (χ1v) is 11.3. The van der Waals surface area contributed by atoms with Crippen LogP contribution < -0.4 is 19.5 Å². The molecule has 2 atom stereocenters. The van der Waals surface area contributed by atoms with Crippen LogP contribution in [0.3, 0.4) is 0 Å². The fourth-order valence-corrected chi connectivity index (χ4v) is 4.89. The van der Waals surface area contributed by atoms with E-state index in [0.29, 0.717) is 0 Å². The topological polar surface area (TPSA) is 53.5 Å². The predicted molar refractivity (Wildman–Crippen MR) is 123 cm³/mol. The number of rotatable bonds is 10. The van der Waals surface area contributed by atoms with Crippen LogP contribution in [0.4, 0.5) is 0 Å². The van der Waals surface area contributed by atoms with Crippen LogP contribution in [0.5, 0.6) is 17.2 Å². The highest BCUT2D eigenvalue weighted by Crippen LogP contribution is 2.47. The summed E-state index contributed by atoms with van der Waals surface area (Å²) >= 11 is 0. The van der Waals surface area contributed by atoms with Gasteiger partial charge in [-0.3, -0.25) is 0 Å². The molecule has 1 saturated heterocycles. The smallest absolute Gasteiger partial charge is 0.161 e. The Balaban J connectivity index is 1.74. The van der Waals surface area contributed by atoms with Gasteiger partial charge in [-0.25, -0.2) is 0 Å². The fraction of sp³-hybridized carbons (Fsp3) is 0.538. The van der Waals surface area contributed by atoms with Gasteiger partial charge in [0.05, 0.1) is 33.5 Å². The first-order chi connectivity index (χ1) is 15.0. The maximum absolute atomic E-state index is 6.21. The van der Waals surface area contributed by atoms with Gasteiger partial charge < -0.3 is 24.3 Å². The molecule has 0 saturated carbocycles. The molecule has 1 aliphatic heterocycles. The van der Waals surface area contributed by atoms with Gasteiger partial charge in [0.2, 0.25) is 0 Å². The molecule has 5 heteroatoms. The molecule has 0 radical (unpaired) electrons. The molecule has 0 spiro atoms. The Hall–Kier alpha value is -2.24. The SMILES string of the molecule is CC[C@@]1(C)C[C@@](CC[NH2+]Cc2ccc(OC)c(OC)c2)(c2ccccc2OC)CCO1. The second-order valence-corrected chi connectivity index (χ2v) is 8.78. The molecule has 0 bridgehead atoms. The summed E-state index contributed by atoms with van der Waals surface area (Å²) in [5.41, 5.74) is 2.51. The molecule has 3 rings (SSSR count). The van der Waals surface area contributed by atoms with Crippen molar-refractivity contribution in [2.75, 3.05) is 34.5 Å². The van der Waals surface area contributed by atoms with Gasteiger partial charge >= 0.3 is 0 Å². The molecule has 0 unspecified atom stereocenters. The largest absolute Gasteiger partial charge is 0.496 e. The maximum atomic E-state index is 6.21. The van der Waals surface area contributed by atoms with Crippen LogP contribution in [-0.2, 0) is 16.7 Å². The molecule has 0 amide bonds. The third-order valence-corrected chi connectivity index (χ3v) is 6.82. The van der Waals surface area contributed by atoms with Crippen LogP contribution in [0.15, 0.2) is 42.5 Å². The van der Waals surface area contributed by atoms with Crippen LogP contribution in [0.1, 0.15) is 50.7 Å². The van der Waals surface area contributed by atoms with Crippen molar-refractivity contribution in [2.45, 2.75) is 57.1 Å². The van der Waals surface area contributed by atoms with E-state index in [9.17, 15) is 0 Å². The van der Waals surface area contributed by atoms with E-state index in [-0.39, 0.29) is 11.0 Å². The zero-order valence-corrected chi connectivity index (χ0v) is 19.7. The minimum absolute atomic E-state index is 0.0592. The lowest BCUT2D eigenvalue weighted by atomic mass is 9.66. The summed E-state index contributed by atoms with van der Waals surface area (Å²) in [6, 6.07) is 14.7. The molecule has 1 aliphatic rings. The molecule has 170 valence electrons. The molecular formula is C26H38NO4+. The number of hydrogen-bond donors (Lipinski definition) is 1. The number of hydrogen-bond acceptors (Lipinski definition) is 4. The van der Waals surface area contributed by atoms with Crippen LogP contribution in [0.2, 0.25) is 0 Å². The summed E-state index contributed by atoms with van der Waals surface area (Å²) in [7, 11) is 5.12. The van der Waals surface area contributed by atoms with E-state index in [1.807, 2.05) is 6.07 Å². The van der Waals surface area contributed by atoms with Gasteiger partial charge in [-0.15, -0.1) is 0 Å². The molecular weight excluding hydrogens is 390 g/mol. The Morgan fingerprint density at radius 3 is 2.42 bits per heavy atom. The van der Waals surface area contributed by atoms with Gasteiger partial charge in [0.1, 0.15) is 12.3 Å². The number of nitrogens with two attached hydrogens (primary N) is 1. The predicted octanol–water partition coefficient (Wildman–Crippen LogP) is 4.08. The number of methoxy groups -OCH3 is 3. The van der Waals surface area contributed by atoms with Gasteiger partial charge in [0, 0.05) is 29.6 Å². The van der Waals surface area contributed by atoms with Crippen molar-refractivity contribution in [3.05, 3.63) is 53.6 Å². The second-order valence-electron chi connectivity index (χ2n) is 8.78. The van der Waals surface area contributed by atoms with E-state index >= 15 is 0 Å². The van der Waals surface area contributed by atoms with Crippen molar-refractivity contribution in [3.63, 3.8) is 0 Å². The van der Waals surface area contributed by atoms with Crippen molar-refractivity contribution in [1.29, 1.82) is 0 Å². The fourth-order valence-electron chi connectivity index (χ4n) is 4.89. The highest BCUT2D eigenvalue weighted by Gasteiger charge is 2.44. The average molecular weight is 429 g/mol. The number of benzene rings is 2. The summed E-state index contributed by atoms with van der Waals surface area (Å²) < 4.78 is 22.8. The Morgan fingerprint density at radius 2 is 1.71 bits per heavy atom. The molecule has 5 nitrogen and oxygen atoms in total. The van der Waals surface area contributed by atoms with E-state index in [0.717, 1.165) is 62.6 Å². The summed E-state index contributed by atoms with van der Waals surface area (Å²) in [6.45, 7) is 7.21. The van der Waals surface area contributed by atoms with E-state index in [1.165, 1.54) is 11.1 Å². The highest BCUT2D eigenvalue weighted by atomic mass is 16.5. The Labute approximate surface area is 187 Å². The lowest BCUT2D eigenvalue weighted by Crippen LogP contribution is -2.83. The molecule has 2 aromatic carbocycles. The van der Waals surface area contributed by atoms with E-state index < -0.39 is 0 Å². The lowest BCUT2D eigenvalue weighted by molar-refractivity contribution is -0.672. The van der Waals surface area contributed by atoms with E-state index in [1.54, 1.807) is 21.3 Å². The maximum Gasteiger partial charge on any atom is 0.161 e. The summed E-state index contributed by atoms with van der Waals surface area (Å²) in [6.07, 6.45) is 4.13. The van der Waals surface area contributed by atoms with Gasteiger partial charge in [0.15, 0.2) is 11.5 Å². The van der Waals surface area contributed by atoms with Crippen molar-refractivity contribution in [1.82, 2.24) is 0 Å². The Bertz CT molecular complexity index is 855. The summed E-state index contributed by atoms with van der Waals surface area (Å²) in [5.74, 6) is 2.53. The van der Waals surface area contributed by atoms with Crippen molar-refractivity contribution >= 4 is 0 Å². The van der Waals surface area contributed by atoms with Crippen molar-refractivity contribution in [3.8, 4) is 17.2 Å². The van der Waals surface area contributed by atoms with Crippen LogP contribution >= 0.6 is 0 Å². The molecule has 1 heterocycles. The van der Waals surface area contributed by atoms with Crippen LogP contribution in [-0.4, -0.2) is 40.1 Å². The standard InChI is InChI=1S/C26H37NO4/c1-6-25(2)19-26(14-16-31-25,21-9-7-8-10-22(21)28-3)13-15-27-18-20-11-12-23(29-4)24(17-20)30-5/h7-12,17,27H,6,13-16,18-19H2,1-5H3/p+1/t25-,26-/m0/s1. The zero-order valence-electron chi connectivity index (χ0n) is 19.7. The first kappa shape index (κ1) is 23.4. The zero-order chi connectivity index (χ0) is 22.3. The van der Waals surface area contributed by atoms with E-state index in [4.69, 9.17) is 18.9 Å². The van der Waals surface area contributed by atoms with Crippen molar-refractivity contribution in [2.24, 2.45) is 0 Å². The summed E-state index contributed by atoms with van der Waals surface area (Å²) in [4.78, 5) is 0. The quantitative estimate of drug-likeness (QED) is 0.580. The molecule has 2 aromatic rings. The molecule has 0 aromatic heterocycles. The highest BCUT2D eigenvalue weighted by molar-refractivity contribution is 5.43. The molecule has 0 aliphatic carbocycles. The average Bonchev–Trinajstić information content (AvgIpc) is 2.81. The van der Waals surface area contributed by atoms with Crippen LogP contribution in [0.25, 0.3) is 0 Å². The molecule has 31 heavy (non-hydrogen) atoms. The summed E-state index contributed by atoms with van der Waals surface area (Å²) in [5, 5.41) is 2.39. The monoisotopic (exact) mass is 428 g/mol. The first-order valence-electron chi connectivity index (χ1n) is 11.3. The van der Waals surface area contributed by atoms with Gasteiger partial charge in [0.25, 0.3) is 0 Å².